The maximum atomic E-state index is 13.4. The van der Waals surface area contributed by atoms with Gasteiger partial charge in [-0.15, -0.1) is 0 Å². The molecule has 0 aliphatic heterocycles. The summed E-state index contributed by atoms with van der Waals surface area (Å²) >= 11 is 0. The van der Waals surface area contributed by atoms with Crippen LogP contribution in [0.15, 0.2) is 42.6 Å². The van der Waals surface area contributed by atoms with Crippen LogP contribution in [0.5, 0.6) is 0 Å². The van der Waals surface area contributed by atoms with Crippen LogP contribution in [-0.4, -0.2) is 10.9 Å². The molecule has 124 valence electrons. The number of carbonyl (C=O) groups excluding carboxylic acids is 1. The molecule has 4 heteroatoms. The van der Waals surface area contributed by atoms with Gasteiger partial charge >= 0.3 is 0 Å². The molecule has 0 aliphatic carbocycles. The first-order valence-corrected chi connectivity index (χ1v) is 7.95. The van der Waals surface area contributed by atoms with Crippen LogP contribution in [0.25, 0.3) is 10.9 Å². The van der Waals surface area contributed by atoms with Crippen LogP contribution in [0.2, 0.25) is 0 Å². The molecule has 3 nitrogen and oxygen atoms in total. The third kappa shape index (κ3) is 2.80. The van der Waals surface area contributed by atoms with E-state index in [1.807, 2.05) is 45.9 Å². The number of H-pyrrole nitrogens is 1. The second-order valence-electron chi connectivity index (χ2n) is 6.79. The van der Waals surface area contributed by atoms with Gasteiger partial charge in [0.1, 0.15) is 5.82 Å². The summed E-state index contributed by atoms with van der Waals surface area (Å²) in [7, 11) is 0. The Morgan fingerprint density at radius 3 is 2.58 bits per heavy atom. The average Bonchev–Trinajstić information content (AvgIpc) is 2.93. The number of carbonyl (C=O) groups is 1. The van der Waals surface area contributed by atoms with Gasteiger partial charge < -0.3 is 10.3 Å². The van der Waals surface area contributed by atoms with E-state index >= 15 is 0 Å². The first-order valence-electron chi connectivity index (χ1n) is 7.95. The standard InChI is InChI=1S/C20H21FN2O/c1-12-5-8-17(13(2)9-12)23-19(24)20(3,4)16-11-22-18-10-14(21)6-7-15(16)18/h5-11,22H,1-4H3,(H,23,24). The molecule has 24 heavy (non-hydrogen) atoms. The van der Waals surface area contributed by atoms with Crippen molar-refractivity contribution in [3.05, 3.63) is 65.1 Å². The molecule has 3 rings (SSSR count). The number of aromatic nitrogens is 1. The fraction of sp³-hybridized carbons (Fsp3) is 0.250. The number of hydrogen-bond acceptors (Lipinski definition) is 1. The molecule has 0 radical (unpaired) electrons. The molecule has 0 aliphatic rings. The zero-order chi connectivity index (χ0) is 17.5. The van der Waals surface area contributed by atoms with Gasteiger partial charge in [0.2, 0.25) is 5.91 Å². The highest BCUT2D eigenvalue weighted by atomic mass is 19.1. The number of aromatic amines is 1. The molecule has 2 aromatic carbocycles. The van der Waals surface area contributed by atoms with Crippen LogP contribution in [0.1, 0.15) is 30.5 Å². The minimum atomic E-state index is -0.757. The predicted molar refractivity (Wildman–Crippen MR) is 95.8 cm³/mol. The summed E-state index contributed by atoms with van der Waals surface area (Å²) in [6, 6.07) is 10.5. The molecule has 0 unspecified atom stereocenters. The van der Waals surface area contributed by atoms with Gasteiger partial charge in [0.15, 0.2) is 0 Å². The van der Waals surface area contributed by atoms with Gasteiger partial charge in [-0.2, -0.15) is 0 Å². The van der Waals surface area contributed by atoms with Gasteiger partial charge in [-0.05, 0) is 63.1 Å². The average molecular weight is 324 g/mol. The second kappa shape index (κ2) is 5.78. The largest absolute Gasteiger partial charge is 0.361 e. The molecule has 0 spiro atoms. The van der Waals surface area contributed by atoms with Gasteiger partial charge in [0, 0.05) is 22.8 Å². The van der Waals surface area contributed by atoms with E-state index in [1.54, 1.807) is 12.3 Å². The summed E-state index contributed by atoms with van der Waals surface area (Å²) in [6.07, 6.45) is 1.78. The summed E-state index contributed by atoms with van der Waals surface area (Å²) in [5.41, 5.74) is 3.78. The monoisotopic (exact) mass is 324 g/mol. The predicted octanol–water partition coefficient (Wildman–Crippen LogP) is 4.84. The smallest absolute Gasteiger partial charge is 0.234 e. The lowest BCUT2D eigenvalue weighted by Gasteiger charge is -2.24. The highest BCUT2D eigenvalue weighted by Gasteiger charge is 2.32. The summed E-state index contributed by atoms with van der Waals surface area (Å²) in [6.45, 7) is 7.74. The number of amides is 1. The Hall–Kier alpha value is -2.62. The highest BCUT2D eigenvalue weighted by molar-refractivity contribution is 6.02. The summed E-state index contributed by atoms with van der Waals surface area (Å²) in [5.74, 6) is -0.395. The first kappa shape index (κ1) is 16.2. The minimum absolute atomic E-state index is 0.0975. The summed E-state index contributed by atoms with van der Waals surface area (Å²) in [4.78, 5) is 15.9. The van der Waals surface area contributed by atoms with Gasteiger partial charge in [0.05, 0.1) is 5.41 Å². The quantitative estimate of drug-likeness (QED) is 0.711. The van der Waals surface area contributed by atoms with E-state index in [0.717, 1.165) is 27.8 Å². The van der Waals surface area contributed by atoms with E-state index < -0.39 is 5.41 Å². The lowest BCUT2D eigenvalue weighted by atomic mass is 9.83. The van der Waals surface area contributed by atoms with E-state index in [9.17, 15) is 9.18 Å². The van der Waals surface area contributed by atoms with Gasteiger partial charge in [-0.3, -0.25) is 4.79 Å². The van der Waals surface area contributed by atoms with Crippen molar-refractivity contribution in [1.82, 2.24) is 4.98 Å². The Labute approximate surface area is 140 Å². The molecule has 0 saturated heterocycles. The summed E-state index contributed by atoms with van der Waals surface area (Å²) < 4.78 is 13.4. The SMILES string of the molecule is Cc1ccc(NC(=O)C(C)(C)c2c[nH]c3cc(F)ccc23)c(C)c1. The normalized spacial score (nSPS) is 11.7. The zero-order valence-corrected chi connectivity index (χ0v) is 14.3. The van der Waals surface area contributed by atoms with Crippen LogP contribution in [-0.2, 0) is 10.2 Å². The number of fused-ring (bicyclic) bond motifs is 1. The van der Waals surface area contributed by atoms with Crippen molar-refractivity contribution in [3.8, 4) is 0 Å². The number of benzene rings is 2. The number of anilines is 1. The topological polar surface area (TPSA) is 44.9 Å². The number of aryl methyl sites for hydroxylation is 2. The Kier molecular flexibility index (Phi) is 3.91. The second-order valence-corrected chi connectivity index (χ2v) is 6.79. The molecule has 2 N–H and O–H groups in total. The van der Waals surface area contributed by atoms with Crippen molar-refractivity contribution < 1.29 is 9.18 Å². The molecule has 1 amide bonds. The van der Waals surface area contributed by atoms with Crippen molar-refractivity contribution in [2.45, 2.75) is 33.1 Å². The van der Waals surface area contributed by atoms with Gasteiger partial charge in [0.25, 0.3) is 0 Å². The van der Waals surface area contributed by atoms with E-state index in [0.29, 0.717) is 5.52 Å². The molecule has 3 aromatic rings. The van der Waals surface area contributed by atoms with Crippen molar-refractivity contribution in [2.75, 3.05) is 5.32 Å². The number of hydrogen-bond donors (Lipinski definition) is 2. The van der Waals surface area contributed by atoms with E-state index in [2.05, 4.69) is 10.3 Å². The highest BCUT2D eigenvalue weighted by Crippen LogP contribution is 2.32. The number of halogens is 1. The molecule has 0 saturated carbocycles. The van der Waals surface area contributed by atoms with Crippen LogP contribution in [0.4, 0.5) is 10.1 Å². The van der Waals surface area contributed by atoms with E-state index in [1.165, 1.54) is 12.1 Å². The molecule has 1 heterocycles. The fourth-order valence-corrected chi connectivity index (χ4v) is 2.97. The Balaban J connectivity index is 1.95. The molecule has 0 fully saturated rings. The Morgan fingerprint density at radius 1 is 1.12 bits per heavy atom. The van der Waals surface area contributed by atoms with Crippen LogP contribution in [0.3, 0.4) is 0 Å². The van der Waals surface area contributed by atoms with Gasteiger partial charge in [-0.1, -0.05) is 17.7 Å². The molecule has 0 atom stereocenters. The van der Waals surface area contributed by atoms with Crippen molar-refractivity contribution >= 4 is 22.5 Å². The Bertz CT molecular complexity index is 925. The molecular formula is C20H21FN2O. The number of nitrogens with one attached hydrogen (secondary N) is 2. The lowest BCUT2D eigenvalue weighted by molar-refractivity contribution is -0.120. The van der Waals surface area contributed by atoms with Crippen LogP contribution in [0, 0.1) is 19.7 Å². The Morgan fingerprint density at radius 2 is 1.88 bits per heavy atom. The van der Waals surface area contributed by atoms with Crippen molar-refractivity contribution in [3.63, 3.8) is 0 Å². The van der Waals surface area contributed by atoms with E-state index in [4.69, 9.17) is 0 Å². The molecule has 1 aromatic heterocycles. The van der Waals surface area contributed by atoms with E-state index in [-0.39, 0.29) is 11.7 Å². The zero-order valence-electron chi connectivity index (χ0n) is 14.3. The third-order valence-electron chi connectivity index (χ3n) is 4.51. The summed E-state index contributed by atoms with van der Waals surface area (Å²) in [5, 5.41) is 3.87. The fourth-order valence-electron chi connectivity index (χ4n) is 2.97. The molecule has 0 bridgehead atoms. The first-order chi connectivity index (χ1) is 11.3. The molecular weight excluding hydrogens is 303 g/mol. The maximum absolute atomic E-state index is 13.4. The number of rotatable bonds is 3. The van der Waals surface area contributed by atoms with Gasteiger partial charge in [-0.25, -0.2) is 4.39 Å². The third-order valence-corrected chi connectivity index (χ3v) is 4.51. The van der Waals surface area contributed by atoms with Crippen LogP contribution >= 0.6 is 0 Å². The lowest BCUT2D eigenvalue weighted by Crippen LogP contribution is -2.34. The van der Waals surface area contributed by atoms with Crippen LogP contribution < -0.4 is 5.32 Å². The maximum Gasteiger partial charge on any atom is 0.234 e. The minimum Gasteiger partial charge on any atom is -0.361 e. The van der Waals surface area contributed by atoms with Crippen molar-refractivity contribution in [1.29, 1.82) is 0 Å². The van der Waals surface area contributed by atoms with Crippen molar-refractivity contribution in [2.24, 2.45) is 0 Å².